The van der Waals surface area contributed by atoms with Gasteiger partial charge in [-0.2, -0.15) is 0 Å². The van der Waals surface area contributed by atoms with E-state index in [0.29, 0.717) is 16.9 Å². The summed E-state index contributed by atoms with van der Waals surface area (Å²) in [4.78, 5) is 13.5. The number of carbonyl (C=O) groups is 1. The van der Waals surface area contributed by atoms with E-state index in [4.69, 9.17) is 9.05 Å². The van der Waals surface area contributed by atoms with Gasteiger partial charge in [-0.1, -0.05) is 103 Å². The van der Waals surface area contributed by atoms with Crippen LogP contribution in [-0.4, -0.2) is 12.4 Å². The third-order valence-corrected chi connectivity index (χ3v) is 8.16. The van der Waals surface area contributed by atoms with E-state index < -0.39 is 8.38 Å². The van der Waals surface area contributed by atoms with Crippen LogP contribution in [0.15, 0.2) is 121 Å². The van der Waals surface area contributed by atoms with Crippen molar-refractivity contribution < 1.29 is 13.8 Å². The van der Waals surface area contributed by atoms with E-state index in [1.54, 1.807) is 0 Å². The molecule has 0 bridgehead atoms. The fraction of sp³-hybridized carbons (Fsp3) is 0.0833. The van der Waals surface area contributed by atoms with Crippen LogP contribution in [0.3, 0.4) is 0 Å². The lowest BCUT2D eigenvalue weighted by molar-refractivity contribution is 0.103. The Labute approximate surface area is 235 Å². The molecule has 0 radical (unpaired) electrons. The highest BCUT2D eigenvalue weighted by atomic mass is 31.2. The van der Waals surface area contributed by atoms with Crippen LogP contribution in [0.4, 0.5) is 0 Å². The second kappa shape index (κ2) is 11.0. The Kier molecular flexibility index (Phi) is 7.07. The first-order valence-corrected chi connectivity index (χ1v) is 14.9. The van der Waals surface area contributed by atoms with Crippen molar-refractivity contribution in [2.75, 3.05) is 6.66 Å². The fourth-order valence-corrected chi connectivity index (χ4v) is 6.20. The molecule has 0 saturated heterocycles. The molecule has 196 valence electrons. The number of ketones is 1. The highest BCUT2D eigenvalue weighted by Gasteiger charge is 2.21. The molecule has 6 aromatic rings. The van der Waals surface area contributed by atoms with E-state index in [1.165, 1.54) is 16.3 Å². The Morgan fingerprint density at radius 1 is 0.525 bits per heavy atom. The molecule has 40 heavy (non-hydrogen) atoms. The van der Waals surface area contributed by atoms with Gasteiger partial charge in [0.25, 0.3) is 8.38 Å². The Morgan fingerprint density at radius 3 is 1.80 bits per heavy atom. The Bertz CT molecular complexity index is 1870. The van der Waals surface area contributed by atoms with E-state index in [2.05, 4.69) is 73.7 Å². The Hall–Kier alpha value is -4.46. The number of para-hydroxylation sites is 1. The van der Waals surface area contributed by atoms with Gasteiger partial charge in [-0.3, -0.25) is 4.79 Å². The van der Waals surface area contributed by atoms with E-state index in [0.717, 1.165) is 33.2 Å². The number of benzene rings is 6. The van der Waals surface area contributed by atoms with Gasteiger partial charge in [-0.25, -0.2) is 0 Å². The summed E-state index contributed by atoms with van der Waals surface area (Å²) >= 11 is 0. The van der Waals surface area contributed by atoms with Crippen molar-refractivity contribution in [3.05, 3.63) is 144 Å². The number of carbonyl (C=O) groups excluding carboxylic acids is 1. The van der Waals surface area contributed by atoms with Gasteiger partial charge in [-0.05, 0) is 70.3 Å². The minimum Gasteiger partial charge on any atom is -0.438 e. The van der Waals surface area contributed by atoms with Gasteiger partial charge < -0.3 is 9.05 Å². The monoisotopic (exact) mass is 540 g/mol. The molecule has 0 N–H and O–H groups in total. The van der Waals surface area contributed by atoms with Gasteiger partial charge in [0.1, 0.15) is 11.5 Å². The predicted molar refractivity (Wildman–Crippen MR) is 167 cm³/mol. The normalized spacial score (nSPS) is 11.9. The molecular formula is C36H29O3P. The molecule has 6 aromatic carbocycles. The molecule has 0 aliphatic rings. The number of fused-ring (bicyclic) bond motifs is 2. The maximum atomic E-state index is 13.5. The summed E-state index contributed by atoms with van der Waals surface area (Å²) in [5, 5.41) is 4.63. The molecule has 0 spiro atoms. The summed E-state index contributed by atoms with van der Waals surface area (Å²) in [5.41, 5.74) is 5.51. The second-order valence-corrected chi connectivity index (χ2v) is 11.1. The van der Waals surface area contributed by atoms with Gasteiger partial charge >= 0.3 is 0 Å². The predicted octanol–water partition coefficient (Wildman–Crippen LogP) is 9.91. The van der Waals surface area contributed by atoms with Gasteiger partial charge in [-0.15, -0.1) is 0 Å². The maximum absolute atomic E-state index is 13.5. The SMILES string of the molecule is Cc1ccccc1C(=O)c1ccccc1OP(C)Oc1ccc2ccccc2c1-c1c(C)ccc2ccccc12. The molecule has 0 heterocycles. The summed E-state index contributed by atoms with van der Waals surface area (Å²) < 4.78 is 13.0. The standard InChI is InChI=1S/C36H29O3P/c1-24-12-4-7-15-28(24)36(37)31-18-10-11-19-32(31)38-40(3)39-33-23-22-27-14-6-9-17-30(27)35(33)34-25(2)20-21-26-13-5-8-16-29(26)34/h4-23H,1-3H3. The van der Waals surface area contributed by atoms with Crippen molar-refractivity contribution in [3.63, 3.8) is 0 Å². The molecule has 1 atom stereocenters. The molecule has 1 unspecified atom stereocenters. The molecule has 0 aromatic heterocycles. The maximum Gasteiger partial charge on any atom is 0.287 e. The first kappa shape index (κ1) is 25.8. The third-order valence-electron chi connectivity index (χ3n) is 7.25. The van der Waals surface area contributed by atoms with Crippen LogP contribution in [0.1, 0.15) is 27.0 Å². The number of hydrogen-bond donors (Lipinski definition) is 0. The van der Waals surface area contributed by atoms with Gasteiger partial charge in [0, 0.05) is 17.8 Å². The second-order valence-electron chi connectivity index (χ2n) is 9.90. The number of rotatable bonds is 7. The van der Waals surface area contributed by atoms with Crippen molar-refractivity contribution in [1.82, 2.24) is 0 Å². The highest BCUT2D eigenvalue weighted by Crippen LogP contribution is 2.47. The molecule has 3 nitrogen and oxygen atoms in total. The molecule has 0 aliphatic heterocycles. The molecular weight excluding hydrogens is 511 g/mol. The minimum atomic E-state index is -1.42. The highest BCUT2D eigenvalue weighted by molar-refractivity contribution is 7.47. The number of aryl methyl sites for hydroxylation is 2. The van der Waals surface area contributed by atoms with Crippen molar-refractivity contribution >= 4 is 35.7 Å². The van der Waals surface area contributed by atoms with E-state index in [-0.39, 0.29) is 5.78 Å². The fourth-order valence-electron chi connectivity index (χ4n) is 5.30. The van der Waals surface area contributed by atoms with E-state index >= 15 is 0 Å². The summed E-state index contributed by atoms with van der Waals surface area (Å²) in [7, 11) is -1.42. The van der Waals surface area contributed by atoms with Crippen molar-refractivity contribution in [1.29, 1.82) is 0 Å². The number of hydrogen-bond acceptors (Lipinski definition) is 3. The smallest absolute Gasteiger partial charge is 0.287 e. The lowest BCUT2D eigenvalue weighted by Crippen LogP contribution is -2.06. The Morgan fingerprint density at radius 2 is 1.07 bits per heavy atom. The van der Waals surface area contributed by atoms with Crippen LogP contribution in [0.5, 0.6) is 11.5 Å². The lowest BCUT2D eigenvalue weighted by atomic mass is 9.90. The topological polar surface area (TPSA) is 35.5 Å². The molecule has 0 aliphatic carbocycles. The van der Waals surface area contributed by atoms with Crippen LogP contribution in [0, 0.1) is 13.8 Å². The molecule has 6 rings (SSSR count). The largest absolute Gasteiger partial charge is 0.438 e. The summed E-state index contributed by atoms with van der Waals surface area (Å²) in [6.07, 6.45) is 0. The van der Waals surface area contributed by atoms with Gasteiger partial charge in [0.2, 0.25) is 0 Å². The van der Waals surface area contributed by atoms with E-state index in [1.807, 2.05) is 68.2 Å². The van der Waals surface area contributed by atoms with Crippen LogP contribution in [-0.2, 0) is 0 Å². The zero-order chi connectivity index (χ0) is 27.6. The third kappa shape index (κ3) is 4.85. The average Bonchev–Trinajstić information content (AvgIpc) is 2.98. The summed E-state index contributed by atoms with van der Waals surface area (Å²) in [5.74, 6) is 1.22. The average molecular weight is 541 g/mol. The lowest BCUT2D eigenvalue weighted by Gasteiger charge is -2.21. The van der Waals surface area contributed by atoms with Gasteiger partial charge in [0.05, 0.1) is 5.56 Å². The molecule has 0 amide bonds. The van der Waals surface area contributed by atoms with Crippen LogP contribution < -0.4 is 9.05 Å². The van der Waals surface area contributed by atoms with E-state index in [9.17, 15) is 4.79 Å². The minimum absolute atomic E-state index is 0.0603. The molecule has 0 fully saturated rings. The first-order chi connectivity index (χ1) is 19.5. The van der Waals surface area contributed by atoms with Crippen LogP contribution >= 0.6 is 8.38 Å². The van der Waals surface area contributed by atoms with Crippen LogP contribution in [0.25, 0.3) is 32.7 Å². The Balaban J connectivity index is 1.40. The van der Waals surface area contributed by atoms with Crippen LogP contribution in [0.2, 0.25) is 0 Å². The van der Waals surface area contributed by atoms with Gasteiger partial charge in [0.15, 0.2) is 5.78 Å². The quantitative estimate of drug-likeness (QED) is 0.149. The zero-order valence-electron chi connectivity index (χ0n) is 22.7. The van der Waals surface area contributed by atoms with Crippen molar-refractivity contribution in [3.8, 4) is 22.6 Å². The zero-order valence-corrected chi connectivity index (χ0v) is 23.6. The molecule has 4 heteroatoms. The summed E-state index contributed by atoms with van der Waals surface area (Å²) in [6.45, 7) is 6.02. The summed E-state index contributed by atoms with van der Waals surface area (Å²) in [6, 6.07) is 40.3. The van der Waals surface area contributed by atoms with Crippen molar-refractivity contribution in [2.45, 2.75) is 13.8 Å². The van der Waals surface area contributed by atoms with Crippen molar-refractivity contribution in [2.24, 2.45) is 0 Å². The molecule has 0 saturated carbocycles. The first-order valence-electron chi connectivity index (χ1n) is 13.3.